The second-order valence-corrected chi connectivity index (χ2v) is 6.18. The fourth-order valence-electron chi connectivity index (χ4n) is 2.78. The maximum absolute atomic E-state index is 12.3. The minimum Gasteiger partial charge on any atom is -0.334 e. The predicted octanol–water partition coefficient (Wildman–Crippen LogP) is 2.83. The molecule has 8 heteroatoms. The van der Waals surface area contributed by atoms with E-state index in [0.717, 1.165) is 17.7 Å². The summed E-state index contributed by atoms with van der Waals surface area (Å²) in [6.07, 6.45) is 2.88. The lowest BCUT2D eigenvalue weighted by molar-refractivity contribution is -0.115. The van der Waals surface area contributed by atoms with Crippen LogP contribution >= 0.6 is 0 Å². The maximum Gasteiger partial charge on any atom is 0.258 e. The van der Waals surface area contributed by atoms with Crippen LogP contribution in [-0.2, 0) is 17.6 Å². The average Bonchev–Trinajstić information content (AvgIpc) is 3.28. The number of nitrogens with zero attached hydrogens (tertiary/aromatic N) is 5. The van der Waals surface area contributed by atoms with Crippen molar-refractivity contribution in [2.75, 3.05) is 5.32 Å². The molecule has 0 aliphatic heterocycles. The third kappa shape index (κ3) is 3.55. The molecule has 4 aromatic rings. The Morgan fingerprint density at radius 2 is 2.00 bits per heavy atom. The molecular formula is C19H18N6O2. The Morgan fingerprint density at radius 1 is 1.19 bits per heavy atom. The number of rotatable bonds is 5. The van der Waals surface area contributed by atoms with Crippen LogP contribution < -0.4 is 5.32 Å². The van der Waals surface area contributed by atoms with E-state index >= 15 is 0 Å². The second-order valence-electron chi connectivity index (χ2n) is 6.18. The van der Waals surface area contributed by atoms with Gasteiger partial charge in [-0.3, -0.25) is 9.20 Å². The topological polar surface area (TPSA) is 98.2 Å². The van der Waals surface area contributed by atoms with E-state index in [1.165, 1.54) is 5.56 Å². The highest BCUT2D eigenvalue weighted by Crippen LogP contribution is 2.19. The smallest absolute Gasteiger partial charge is 0.258 e. The molecule has 1 N–H and O–H groups in total. The van der Waals surface area contributed by atoms with Crippen molar-refractivity contribution in [1.82, 2.24) is 24.7 Å². The number of amides is 1. The lowest BCUT2D eigenvalue weighted by Crippen LogP contribution is -2.16. The highest BCUT2D eigenvalue weighted by Gasteiger charge is 2.13. The van der Waals surface area contributed by atoms with Gasteiger partial charge in [0, 0.05) is 17.4 Å². The number of anilines is 1. The predicted molar refractivity (Wildman–Crippen MR) is 99.2 cm³/mol. The molecule has 0 atom stereocenters. The first kappa shape index (κ1) is 16.9. The first-order valence-electron chi connectivity index (χ1n) is 8.65. The van der Waals surface area contributed by atoms with Crippen molar-refractivity contribution < 1.29 is 9.32 Å². The Kier molecular flexibility index (Phi) is 4.37. The lowest BCUT2D eigenvalue weighted by atomic mass is 10.1. The Hall–Kier alpha value is -3.55. The van der Waals surface area contributed by atoms with E-state index in [2.05, 4.69) is 32.6 Å². The highest BCUT2D eigenvalue weighted by atomic mass is 16.5. The van der Waals surface area contributed by atoms with E-state index in [-0.39, 0.29) is 12.3 Å². The summed E-state index contributed by atoms with van der Waals surface area (Å²) in [4.78, 5) is 16.5. The fourth-order valence-corrected chi connectivity index (χ4v) is 2.78. The number of hydrogen-bond donors (Lipinski definition) is 1. The summed E-state index contributed by atoms with van der Waals surface area (Å²) in [5, 5.41) is 14.9. The summed E-state index contributed by atoms with van der Waals surface area (Å²) in [5.41, 5.74) is 3.35. The Labute approximate surface area is 155 Å². The first-order chi connectivity index (χ1) is 13.1. The summed E-state index contributed by atoms with van der Waals surface area (Å²) >= 11 is 0. The van der Waals surface area contributed by atoms with Gasteiger partial charge < -0.3 is 9.84 Å². The van der Waals surface area contributed by atoms with Gasteiger partial charge >= 0.3 is 0 Å². The van der Waals surface area contributed by atoms with E-state index in [0.29, 0.717) is 23.2 Å². The second kappa shape index (κ2) is 6.99. The van der Waals surface area contributed by atoms with Gasteiger partial charge in [0.2, 0.25) is 5.91 Å². The van der Waals surface area contributed by atoms with Crippen LogP contribution in [0.2, 0.25) is 0 Å². The molecule has 0 bridgehead atoms. The summed E-state index contributed by atoms with van der Waals surface area (Å²) < 4.78 is 6.94. The first-order valence-corrected chi connectivity index (χ1v) is 8.65. The number of aromatic nitrogens is 5. The van der Waals surface area contributed by atoms with Gasteiger partial charge in [0.25, 0.3) is 5.89 Å². The molecular weight excluding hydrogens is 344 g/mol. The van der Waals surface area contributed by atoms with Crippen LogP contribution in [0.4, 0.5) is 5.69 Å². The summed E-state index contributed by atoms with van der Waals surface area (Å²) in [6.45, 7) is 3.85. The Bertz CT molecular complexity index is 1100. The molecule has 3 aromatic heterocycles. The molecule has 0 aliphatic carbocycles. The van der Waals surface area contributed by atoms with Crippen LogP contribution in [0.25, 0.3) is 17.1 Å². The van der Waals surface area contributed by atoms with Crippen molar-refractivity contribution >= 4 is 17.2 Å². The molecule has 0 saturated heterocycles. The molecule has 0 aliphatic rings. The zero-order chi connectivity index (χ0) is 18.8. The molecule has 3 heterocycles. The zero-order valence-electron chi connectivity index (χ0n) is 15.0. The molecule has 8 nitrogen and oxygen atoms in total. The number of pyridine rings is 1. The standard InChI is InChI=1S/C19H18N6O2/c1-3-13-4-6-15(7-5-13)21-18(26)11-17-23-22-16-10-14(8-9-25(16)17)19-20-12(2)24-27-19/h4-10H,3,11H2,1-2H3,(H,21,26). The van der Waals surface area contributed by atoms with Gasteiger partial charge in [-0.05, 0) is 43.2 Å². The average molecular weight is 362 g/mol. The van der Waals surface area contributed by atoms with Crippen LogP contribution in [0.1, 0.15) is 24.1 Å². The molecule has 4 rings (SSSR count). The van der Waals surface area contributed by atoms with E-state index in [9.17, 15) is 4.79 Å². The van der Waals surface area contributed by atoms with Gasteiger partial charge in [0.1, 0.15) is 5.82 Å². The van der Waals surface area contributed by atoms with Gasteiger partial charge in [0.15, 0.2) is 11.5 Å². The van der Waals surface area contributed by atoms with E-state index in [1.807, 2.05) is 30.3 Å². The maximum atomic E-state index is 12.3. The molecule has 1 amide bonds. The van der Waals surface area contributed by atoms with Gasteiger partial charge in [-0.15, -0.1) is 10.2 Å². The molecule has 0 spiro atoms. The number of fused-ring (bicyclic) bond motifs is 1. The molecule has 0 saturated carbocycles. The summed E-state index contributed by atoms with van der Waals surface area (Å²) in [6, 6.07) is 11.4. The van der Waals surface area contributed by atoms with E-state index in [4.69, 9.17) is 4.52 Å². The number of hydrogen-bond acceptors (Lipinski definition) is 6. The molecule has 0 unspecified atom stereocenters. The van der Waals surface area contributed by atoms with Crippen molar-refractivity contribution in [2.45, 2.75) is 26.7 Å². The highest BCUT2D eigenvalue weighted by molar-refractivity contribution is 5.91. The minimum absolute atomic E-state index is 0.121. The van der Waals surface area contributed by atoms with E-state index < -0.39 is 0 Å². The Balaban J connectivity index is 1.50. The van der Waals surface area contributed by atoms with E-state index in [1.54, 1.807) is 23.6 Å². The van der Waals surface area contributed by atoms with Crippen molar-refractivity contribution in [3.8, 4) is 11.5 Å². The summed E-state index contributed by atoms with van der Waals surface area (Å²) in [7, 11) is 0. The number of carbonyl (C=O) groups is 1. The van der Waals surface area contributed by atoms with Gasteiger partial charge in [-0.2, -0.15) is 4.98 Å². The van der Waals surface area contributed by atoms with Crippen LogP contribution in [0.5, 0.6) is 0 Å². The number of benzene rings is 1. The minimum atomic E-state index is -0.148. The van der Waals surface area contributed by atoms with Crippen molar-refractivity contribution in [1.29, 1.82) is 0 Å². The Morgan fingerprint density at radius 3 is 2.70 bits per heavy atom. The summed E-state index contributed by atoms with van der Waals surface area (Å²) in [5.74, 6) is 1.40. The van der Waals surface area contributed by atoms with Gasteiger partial charge in [0.05, 0.1) is 6.42 Å². The SMILES string of the molecule is CCc1ccc(NC(=O)Cc2nnc3cc(-c4nc(C)no4)ccn23)cc1. The van der Waals surface area contributed by atoms with Crippen molar-refractivity contribution in [3.05, 3.63) is 59.8 Å². The number of nitrogens with one attached hydrogen (secondary N) is 1. The van der Waals surface area contributed by atoms with Gasteiger partial charge in [-0.1, -0.05) is 24.2 Å². The monoisotopic (exact) mass is 362 g/mol. The molecule has 27 heavy (non-hydrogen) atoms. The molecule has 0 fully saturated rings. The normalized spacial score (nSPS) is 11.0. The van der Waals surface area contributed by atoms with Gasteiger partial charge in [-0.25, -0.2) is 0 Å². The lowest BCUT2D eigenvalue weighted by Gasteiger charge is -2.05. The molecule has 1 aromatic carbocycles. The quantitative estimate of drug-likeness (QED) is 0.586. The third-order valence-corrected chi connectivity index (χ3v) is 4.22. The number of aryl methyl sites for hydroxylation is 2. The zero-order valence-corrected chi connectivity index (χ0v) is 15.0. The van der Waals surface area contributed by atoms with Crippen molar-refractivity contribution in [2.24, 2.45) is 0 Å². The van der Waals surface area contributed by atoms with Crippen LogP contribution in [0, 0.1) is 6.92 Å². The van der Waals surface area contributed by atoms with Crippen molar-refractivity contribution in [3.63, 3.8) is 0 Å². The fraction of sp³-hybridized carbons (Fsp3) is 0.211. The third-order valence-electron chi connectivity index (χ3n) is 4.22. The van der Waals surface area contributed by atoms with Crippen LogP contribution in [0.15, 0.2) is 47.1 Å². The largest absolute Gasteiger partial charge is 0.334 e. The molecule has 0 radical (unpaired) electrons. The number of carbonyl (C=O) groups excluding carboxylic acids is 1. The van der Waals surface area contributed by atoms with Crippen LogP contribution in [-0.4, -0.2) is 30.6 Å². The molecule has 136 valence electrons. The van der Waals surface area contributed by atoms with Crippen LogP contribution in [0.3, 0.4) is 0 Å².